The molecule has 0 spiro atoms. The first kappa shape index (κ1) is 12.1. The second-order valence-corrected chi connectivity index (χ2v) is 5.47. The fourth-order valence-electron chi connectivity index (χ4n) is 3.00. The number of hydrogen-bond donors (Lipinski definition) is 3. The van der Waals surface area contributed by atoms with Crippen LogP contribution in [0.4, 0.5) is 17.2 Å². The van der Waals surface area contributed by atoms with E-state index in [0.717, 1.165) is 41.1 Å². The first-order chi connectivity index (χ1) is 10.2. The predicted octanol–water partition coefficient (Wildman–Crippen LogP) is 2.61. The van der Waals surface area contributed by atoms with Gasteiger partial charge in [-0.05, 0) is 42.3 Å². The average Bonchev–Trinajstić information content (AvgIpc) is 2.86. The number of anilines is 3. The molecule has 2 aromatic carbocycles. The minimum Gasteiger partial charge on any atom is -0.399 e. The van der Waals surface area contributed by atoms with Crippen molar-refractivity contribution in [2.24, 2.45) is 0 Å². The highest BCUT2D eigenvalue weighted by molar-refractivity contribution is 5.92. The quantitative estimate of drug-likeness (QED) is 0.598. The van der Waals surface area contributed by atoms with Crippen molar-refractivity contribution in [1.82, 2.24) is 9.78 Å². The molecule has 3 aromatic rings. The summed E-state index contributed by atoms with van der Waals surface area (Å²) in [6.45, 7) is 0.921. The molecule has 0 radical (unpaired) electrons. The van der Waals surface area contributed by atoms with Crippen molar-refractivity contribution in [3.8, 4) is 0 Å². The normalized spacial score (nSPS) is 17.4. The van der Waals surface area contributed by atoms with E-state index in [1.54, 1.807) is 0 Å². The molecular weight excluding hydrogens is 262 g/mol. The maximum Gasteiger partial charge on any atom is 0.133 e. The fourth-order valence-corrected chi connectivity index (χ4v) is 3.00. The molecule has 1 aliphatic heterocycles. The van der Waals surface area contributed by atoms with Crippen LogP contribution in [0.5, 0.6) is 0 Å². The number of nitrogens with two attached hydrogens (primary N) is 2. The highest BCUT2D eigenvalue weighted by Crippen LogP contribution is 2.35. The van der Waals surface area contributed by atoms with E-state index < -0.39 is 0 Å². The lowest BCUT2D eigenvalue weighted by molar-refractivity contribution is 0.486. The Morgan fingerprint density at radius 1 is 1.05 bits per heavy atom. The molecule has 4 rings (SSSR count). The van der Waals surface area contributed by atoms with Gasteiger partial charge in [0.2, 0.25) is 0 Å². The fraction of sp³-hybridized carbons (Fsp3) is 0.188. The minimum atomic E-state index is 0.232. The van der Waals surface area contributed by atoms with E-state index in [2.05, 4.69) is 22.1 Å². The zero-order chi connectivity index (χ0) is 14.4. The molecule has 0 saturated heterocycles. The summed E-state index contributed by atoms with van der Waals surface area (Å²) in [5.74, 6) is 1.05. The summed E-state index contributed by atoms with van der Waals surface area (Å²) in [6, 6.07) is 14.1. The number of nitrogen functional groups attached to an aromatic ring is 2. The second-order valence-electron chi connectivity index (χ2n) is 5.47. The summed E-state index contributed by atoms with van der Waals surface area (Å²) >= 11 is 0. The second kappa shape index (κ2) is 4.41. The van der Waals surface area contributed by atoms with Crippen LogP contribution in [0.25, 0.3) is 10.9 Å². The van der Waals surface area contributed by atoms with Crippen molar-refractivity contribution in [3.63, 3.8) is 0 Å². The van der Waals surface area contributed by atoms with Gasteiger partial charge in [-0.1, -0.05) is 12.1 Å². The van der Waals surface area contributed by atoms with Gasteiger partial charge in [0.15, 0.2) is 0 Å². The summed E-state index contributed by atoms with van der Waals surface area (Å²) in [7, 11) is 0. The molecular formula is C16H17N5. The third kappa shape index (κ3) is 1.89. The lowest BCUT2D eigenvalue weighted by Gasteiger charge is -2.26. The number of fused-ring (bicyclic) bond motifs is 3. The zero-order valence-electron chi connectivity index (χ0n) is 11.6. The van der Waals surface area contributed by atoms with Crippen LogP contribution in [-0.4, -0.2) is 16.3 Å². The largest absolute Gasteiger partial charge is 0.399 e. The van der Waals surface area contributed by atoms with Gasteiger partial charge in [0.25, 0.3) is 0 Å². The van der Waals surface area contributed by atoms with Gasteiger partial charge < -0.3 is 16.8 Å². The first-order valence-electron chi connectivity index (χ1n) is 7.09. The lowest BCUT2D eigenvalue weighted by atomic mass is 10.0. The Morgan fingerprint density at radius 3 is 2.62 bits per heavy atom. The number of rotatable bonds is 1. The van der Waals surface area contributed by atoms with Crippen LogP contribution in [0.3, 0.4) is 0 Å². The predicted molar refractivity (Wildman–Crippen MR) is 86.2 cm³/mol. The summed E-state index contributed by atoms with van der Waals surface area (Å²) < 4.78 is 2.07. The van der Waals surface area contributed by atoms with E-state index >= 15 is 0 Å². The monoisotopic (exact) mass is 279 g/mol. The Labute approximate surface area is 122 Å². The zero-order valence-corrected chi connectivity index (χ0v) is 11.6. The van der Waals surface area contributed by atoms with Crippen molar-refractivity contribution >= 4 is 28.1 Å². The molecule has 0 saturated carbocycles. The van der Waals surface area contributed by atoms with Gasteiger partial charge in [-0.25, -0.2) is 4.68 Å². The lowest BCUT2D eigenvalue weighted by Crippen LogP contribution is -2.24. The van der Waals surface area contributed by atoms with Crippen LogP contribution in [-0.2, 0) is 0 Å². The summed E-state index contributed by atoms with van der Waals surface area (Å²) in [6.07, 6.45) is 1.00. The van der Waals surface area contributed by atoms with Gasteiger partial charge in [-0.15, -0.1) is 0 Å². The minimum absolute atomic E-state index is 0.232. The van der Waals surface area contributed by atoms with Gasteiger partial charge >= 0.3 is 0 Å². The number of nitrogens with one attached hydrogen (secondary N) is 1. The first-order valence-corrected chi connectivity index (χ1v) is 7.09. The van der Waals surface area contributed by atoms with Gasteiger partial charge in [-0.2, -0.15) is 5.10 Å². The number of hydrogen-bond acceptors (Lipinski definition) is 4. The SMILES string of the molecule is Nc1ccc(C2CCNc3c4cc(N)ccc4nn32)cc1. The van der Waals surface area contributed by atoms with Crippen molar-refractivity contribution < 1.29 is 0 Å². The molecule has 21 heavy (non-hydrogen) atoms. The Hall–Kier alpha value is -2.69. The van der Waals surface area contributed by atoms with E-state index in [1.807, 2.05) is 30.3 Å². The van der Waals surface area contributed by atoms with Gasteiger partial charge in [-0.3, -0.25) is 0 Å². The molecule has 5 nitrogen and oxygen atoms in total. The molecule has 1 unspecified atom stereocenters. The van der Waals surface area contributed by atoms with E-state index in [1.165, 1.54) is 5.56 Å². The Kier molecular flexibility index (Phi) is 2.54. The van der Waals surface area contributed by atoms with Gasteiger partial charge in [0.1, 0.15) is 5.82 Å². The Bertz CT molecular complexity index is 803. The molecule has 0 amide bonds. The third-order valence-electron chi connectivity index (χ3n) is 4.05. The van der Waals surface area contributed by atoms with Crippen LogP contribution in [0.2, 0.25) is 0 Å². The number of aromatic nitrogens is 2. The molecule has 0 bridgehead atoms. The van der Waals surface area contributed by atoms with E-state index in [-0.39, 0.29) is 6.04 Å². The van der Waals surface area contributed by atoms with E-state index in [9.17, 15) is 0 Å². The molecule has 1 atom stereocenters. The molecule has 1 aromatic heterocycles. The van der Waals surface area contributed by atoms with Gasteiger partial charge in [0.05, 0.1) is 11.6 Å². The summed E-state index contributed by atoms with van der Waals surface area (Å²) in [5.41, 5.74) is 15.4. The molecule has 2 heterocycles. The molecule has 5 heteroatoms. The van der Waals surface area contributed by atoms with Gasteiger partial charge in [0, 0.05) is 23.3 Å². The highest BCUT2D eigenvalue weighted by atomic mass is 15.4. The molecule has 1 aliphatic rings. The maximum atomic E-state index is 5.90. The van der Waals surface area contributed by atoms with Crippen LogP contribution in [0.15, 0.2) is 42.5 Å². The standard InChI is InChI=1S/C16H17N5/c17-11-3-1-10(2-4-11)15-7-8-19-16-13-9-12(18)5-6-14(13)20-21(15)16/h1-6,9,15,19H,7-8,17-18H2. The summed E-state index contributed by atoms with van der Waals surface area (Å²) in [5, 5.41) is 9.26. The van der Waals surface area contributed by atoms with Crippen LogP contribution < -0.4 is 16.8 Å². The highest BCUT2D eigenvalue weighted by Gasteiger charge is 2.24. The number of nitrogens with zero attached hydrogens (tertiary/aromatic N) is 2. The van der Waals surface area contributed by atoms with E-state index in [4.69, 9.17) is 16.6 Å². The Balaban J connectivity index is 1.88. The average molecular weight is 279 g/mol. The molecule has 106 valence electrons. The van der Waals surface area contributed by atoms with Crippen molar-refractivity contribution in [2.45, 2.75) is 12.5 Å². The van der Waals surface area contributed by atoms with Crippen LogP contribution >= 0.6 is 0 Å². The molecule has 0 fully saturated rings. The number of benzene rings is 2. The maximum absolute atomic E-state index is 5.90. The summed E-state index contributed by atoms with van der Waals surface area (Å²) in [4.78, 5) is 0. The van der Waals surface area contributed by atoms with E-state index in [0.29, 0.717) is 0 Å². The smallest absolute Gasteiger partial charge is 0.133 e. The van der Waals surface area contributed by atoms with Crippen molar-refractivity contribution in [2.75, 3.05) is 23.3 Å². The van der Waals surface area contributed by atoms with Crippen LogP contribution in [0, 0.1) is 0 Å². The topological polar surface area (TPSA) is 81.9 Å². The third-order valence-corrected chi connectivity index (χ3v) is 4.05. The van der Waals surface area contributed by atoms with Crippen molar-refractivity contribution in [3.05, 3.63) is 48.0 Å². The van der Waals surface area contributed by atoms with Crippen molar-refractivity contribution in [1.29, 1.82) is 0 Å². The van der Waals surface area contributed by atoms with Crippen LogP contribution in [0.1, 0.15) is 18.0 Å². The molecule has 0 aliphatic carbocycles. The Morgan fingerprint density at radius 2 is 1.81 bits per heavy atom. The molecule has 5 N–H and O–H groups in total.